The minimum absolute atomic E-state index is 0.0507. The van der Waals surface area contributed by atoms with E-state index in [1.165, 1.54) is 0 Å². The van der Waals surface area contributed by atoms with Crippen LogP contribution in [0.25, 0.3) is 10.8 Å². The van der Waals surface area contributed by atoms with Crippen LogP contribution in [0.2, 0.25) is 0 Å². The number of fused-ring (bicyclic) bond motifs is 1. The van der Waals surface area contributed by atoms with Crippen molar-refractivity contribution in [3.8, 4) is 5.75 Å². The van der Waals surface area contributed by atoms with Crippen molar-refractivity contribution in [3.63, 3.8) is 0 Å². The molecule has 2 heterocycles. The van der Waals surface area contributed by atoms with Crippen molar-refractivity contribution in [1.29, 1.82) is 0 Å². The predicted octanol–water partition coefficient (Wildman–Crippen LogP) is 4.92. The Morgan fingerprint density at radius 1 is 0.970 bits per heavy atom. The number of amides is 1. The topological polar surface area (TPSA) is 57.2 Å². The summed E-state index contributed by atoms with van der Waals surface area (Å²) in [4.78, 5) is 14.1. The quantitative estimate of drug-likeness (QED) is 0.618. The van der Waals surface area contributed by atoms with Gasteiger partial charge in [-0.25, -0.2) is 4.79 Å². The van der Waals surface area contributed by atoms with E-state index in [4.69, 9.17) is 18.8 Å². The number of rotatable bonds is 3. The van der Waals surface area contributed by atoms with Crippen molar-refractivity contribution in [1.82, 2.24) is 4.90 Å². The monoisotopic (exact) mass is 453 g/mol. The zero-order valence-electron chi connectivity index (χ0n) is 20.9. The van der Waals surface area contributed by atoms with Crippen molar-refractivity contribution >= 4 is 29.4 Å². The van der Waals surface area contributed by atoms with E-state index in [1.54, 1.807) is 4.90 Å². The molecular formula is C26H36BNO5. The number of likely N-dealkylation sites (tertiary alicyclic amines) is 1. The highest BCUT2D eigenvalue weighted by atomic mass is 16.7. The van der Waals surface area contributed by atoms with Gasteiger partial charge in [0.2, 0.25) is 0 Å². The van der Waals surface area contributed by atoms with Gasteiger partial charge in [-0.05, 0) is 65.4 Å². The summed E-state index contributed by atoms with van der Waals surface area (Å²) >= 11 is 0. The minimum Gasteiger partial charge on any atom is -0.490 e. The first-order chi connectivity index (χ1) is 15.4. The molecule has 6 nitrogen and oxygen atoms in total. The van der Waals surface area contributed by atoms with Gasteiger partial charge in [-0.3, -0.25) is 0 Å². The molecule has 33 heavy (non-hydrogen) atoms. The number of hydrogen-bond acceptors (Lipinski definition) is 5. The summed E-state index contributed by atoms with van der Waals surface area (Å²) in [5.74, 6) is 0.849. The lowest BCUT2D eigenvalue weighted by atomic mass is 9.76. The van der Waals surface area contributed by atoms with Gasteiger partial charge in [0, 0.05) is 31.3 Å². The Morgan fingerprint density at radius 3 is 2.12 bits per heavy atom. The molecule has 0 radical (unpaired) electrons. The fraction of sp³-hybridized carbons (Fsp3) is 0.577. The second kappa shape index (κ2) is 8.51. The van der Waals surface area contributed by atoms with Crippen LogP contribution in [0.4, 0.5) is 4.79 Å². The van der Waals surface area contributed by atoms with Gasteiger partial charge in [0.15, 0.2) is 0 Å². The highest BCUT2D eigenvalue weighted by Gasteiger charge is 2.52. The molecule has 2 fully saturated rings. The number of hydrogen-bond donors (Lipinski definition) is 0. The average molecular weight is 453 g/mol. The zero-order chi connectivity index (χ0) is 24.0. The van der Waals surface area contributed by atoms with Crippen LogP contribution in [0, 0.1) is 0 Å². The minimum atomic E-state index is -0.484. The molecule has 0 saturated carbocycles. The first kappa shape index (κ1) is 23.9. The van der Waals surface area contributed by atoms with Gasteiger partial charge in [0.25, 0.3) is 0 Å². The van der Waals surface area contributed by atoms with Gasteiger partial charge >= 0.3 is 13.2 Å². The third-order valence-corrected chi connectivity index (χ3v) is 6.81. The number of benzene rings is 2. The van der Waals surface area contributed by atoms with E-state index in [0.29, 0.717) is 13.1 Å². The lowest BCUT2D eigenvalue weighted by Crippen LogP contribution is -2.44. The van der Waals surface area contributed by atoms with Gasteiger partial charge in [-0.15, -0.1) is 0 Å². The van der Waals surface area contributed by atoms with Crippen LogP contribution < -0.4 is 10.2 Å². The van der Waals surface area contributed by atoms with E-state index < -0.39 is 23.9 Å². The standard InChI is InChI=1S/C26H36BNO5/c1-24(2,3)31-23(29)28-16-14-18(15-17-28)30-22-13-12-21(19-10-8-9-11-20(19)22)27-32-25(4,5)26(6,7)33-27/h8-13,18H,14-17H2,1-7H3. The lowest BCUT2D eigenvalue weighted by molar-refractivity contribution is 0.00578. The summed E-state index contributed by atoms with van der Waals surface area (Å²) in [6.07, 6.45) is 1.34. The third-order valence-electron chi connectivity index (χ3n) is 6.81. The second-order valence-corrected chi connectivity index (χ2v) is 11.1. The summed E-state index contributed by atoms with van der Waals surface area (Å²) in [6.45, 7) is 15.2. The Bertz CT molecular complexity index is 1010. The number of ether oxygens (including phenoxy) is 2. The Balaban J connectivity index is 1.49. The maximum absolute atomic E-state index is 12.3. The highest BCUT2D eigenvalue weighted by Crippen LogP contribution is 2.38. The van der Waals surface area contributed by atoms with Crippen LogP contribution in [0.5, 0.6) is 5.75 Å². The van der Waals surface area contributed by atoms with Crippen molar-refractivity contribution in [3.05, 3.63) is 36.4 Å². The summed E-state index contributed by atoms with van der Waals surface area (Å²) in [5, 5.41) is 2.11. The molecule has 2 aromatic carbocycles. The predicted molar refractivity (Wildman–Crippen MR) is 131 cm³/mol. The largest absolute Gasteiger partial charge is 0.495 e. The van der Waals surface area contributed by atoms with Crippen molar-refractivity contribution in [2.45, 2.75) is 84.2 Å². The van der Waals surface area contributed by atoms with Crippen molar-refractivity contribution < 1.29 is 23.6 Å². The fourth-order valence-corrected chi connectivity index (χ4v) is 4.24. The smallest absolute Gasteiger partial charge is 0.490 e. The zero-order valence-corrected chi connectivity index (χ0v) is 20.9. The van der Waals surface area contributed by atoms with E-state index in [0.717, 1.165) is 34.8 Å². The van der Waals surface area contributed by atoms with Crippen LogP contribution >= 0.6 is 0 Å². The molecule has 2 aromatic rings. The summed E-state index contributed by atoms with van der Waals surface area (Å²) in [7, 11) is -0.425. The van der Waals surface area contributed by atoms with E-state index >= 15 is 0 Å². The summed E-state index contributed by atoms with van der Waals surface area (Å²) < 4.78 is 24.5. The molecule has 0 spiro atoms. The molecule has 4 rings (SSSR count). The SMILES string of the molecule is CC(C)(C)OC(=O)N1CCC(Oc2ccc(B3OC(C)(C)C(C)(C)O3)c3ccccc23)CC1. The number of carbonyl (C=O) groups excluding carboxylic acids is 1. The van der Waals surface area contributed by atoms with E-state index in [2.05, 4.69) is 45.9 Å². The molecular weight excluding hydrogens is 417 g/mol. The van der Waals surface area contributed by atoms with Gasteiger partial charge in [0.05, 0.1) is 11.2 Å². The first-order valence-corrected chi connectivity index (χ1v) is 11.9. The molecule has 2 saturated heterocycles. The third kappa shape index (κ3) is 4.99. The van der Waals surface area contributed by atoms with Gasteiger partial charge in [-0.2, -0.15) is 0 Å². The molecule has 7 heteroatoms. The molecule has 2 aliphatic rings. The van der Waals surface area contributed by atoms with Crippen molar-refractivity contribution in [2.75, 3.05) is 13.1 Å². The van der Waals surface area contributed by atoms with Crippen LogP contribution in [0.1, 0.15) is 61.3 Å². The maximum atomic E-state index is 12.3. The van der Waals surface area contributed by atoms with Gasteiger partial charge in [0.1, 0.15) is 17.5 Å². The number of piperidine rings is 1. The molecule has 0 atom stereocenters. The molecule has 1 amide bonds. The second-order valence-electron chi connectivity index (χ2n) is 11.1. The fourth-order valence-electron chi connectivity index (χ4n) is 4.24. The van der Waals surface area contributed by atoms with E-state index in [1.807, 2.05) is 39.0 Å². The average Bonchev–Trinajstić information content (AvgIpc) is 2.94. The van der Waals surface area contributed by atoms with Crippen LogP contribution in [-0.2, 0) is 14.0 Å². The highest BCUT2D eigenvalue weighted by molar-refractivity contribution is 6.65. The van der Waals surface area contributed by atoms with Gasteiger partial charge < -0.3 is 23.7 Å². The molecule has 0 aliphatic carbocycles. The Kier molecular flexibility index (Phi) is 6.17. The molecule has 178 valence electrons. The Morgan fingerprint density at radius 2 is 1.55 bits per heavy atom. The van der Waals surface area contributed by atoms with Crippen molar-refractivity contribution in [2.24, 2.45) is 0 Å². The van der Waals surface area contributed by atoms with E-state index in [9.17, 15) is 4.79 Å². The first-order valence-electron chi connectivity index (χ1n) is 11.9. The molecule has 0 bridgehead atoms. The summed E-state index contributed by atoms with van der Waals surface area (Å²) in [5.41, 5.74) is -0.259. The molecule has 0 N–H and O–H groups in total. The van der Waals surface area contributed by atoms with E-state index in [-0.39, 0.29) is 12.2 Å². The Labute approximate surface area is 197 Å². The Hall–Kier alpha value is -2.25. The maximum Gasteiger partial charge on any atom is 0.495 e. The molecule has 2 aliphatic heterocycles. The van der Waals surface area contributed by atoms with Crippen LogP contribution in [-0.4, -0.2) is 54.1 Å². The number of carbonyl (C=O) groups is 1. The normalized spacial score (nSPS) is 20.8. The van der Waals surface area contributed by atoms with Crippen LogP contribution in [0.3, 0.4) is 0 Å². The lowest BCUT2D eigenvalue weighted by Gasteiger charge is -2.33. The summed E-state index contributed by atoms with van der Waals surface area (Å²) in [6, 6.07) is 12.3. The number of nitrogens with zero attached hydrogens (tertiary/aromatic N) is 1. The van der Waals surface area contributed by atoms with Gasteiger partial charge in [-0.1, -0.05) is 30.3 Å². The molecule has 0 unspecified atom stereocenters. The molecule has 0 aromatic heterocycles. The van der Waals surface area contributed by atoms with Crippen LogP contribution in [0.15, 0.2) is 36.4 Å².